The van der Waals surface area contributed by atoms with Gasteiger partial charge in [0.25, 0.3) is 11.7 Å². The third kappa shape index (κ3) is 16.5. The molecule has 0 aromatic rings. The summed E-state index contributed by atoms with van der Waals surface area (Å²) in [4.78, 5) is 58.2. The van der Waals surface area contributed by atoms with Crippen molar-refractivity contribution in [2.75, 3.05) is 26.5 Å². The lowest BCUT2D eigenvalue weighted by Crippen LogP contribution is -2.61. The van der Waals surface area contributed by atoms with Crippen molar-refractivity contribution >= 4 is 33.5 Å². The zero-order chi connectivity index (χ0) is 51.2. The van der Waals surface area contributed by atoms with Crippen LogP contribution in [-0.2, 0) is 48.1 Å². The van der Waals surface area contributed by atoms with Gasteiger partial charge in [0, 0.05) is 38.6 Å². The lowest BCUT2D eigenvalue weighted by atomic mass is 9.78. The average molecular weight is 991 g/mol. The fourth-order valence-electron chi connectivity index (χ4n) is 10.7. The molecule has 0 aromatic heterocycles. The number of aliphatic hydroxyl groups is 3. The maximum Gasteiger partial charge on any atom is 0.329 e. The highest BCUT2D eigenvalue weighted by Gasteiger charge is 2.53. The second-order valence-electron chi connectivity index (χ2n) is 21.0. The third-order valence-corrected chi connectivity index (χ3v) is 16.7. The number of nitrogens with zero attached hydrogens (tertiary/aromatic N) is 1. The molecule has 4 rings (SSSR count). The number of allylic oxidation sites excluding steroid dienone is 6. The molecular weight excluding hydrogens is 905 g/mol. The van der Waals surface area contributed by atoms with Crippen molar-refractivity contribution in [1.82, 2.24) is 9.62 Å². The predicted molar refractivity (Wildman–Crippen MR) is 265 cm³/mol. The van der Waals surface area contributed by atoms with Crippen LogP contribution in [0.4, 0.5) is 0 Å². The summed E-state index contributed by atoms with van der Waals surface area (Å²) in [7, 11) is -0.712. The zero-order valence-electron chi connectivity index (χ0n) is 43.1. The van der Waals surface area contributed by atoms with Crippen LogP contribution in [0.25, 0.3) is 0 Å². The topological polar surface area (TPSA) is 215 Å². The predicted octanol–water partition coefficient (Wildman–Crippen LogP) is 6.68. The van der Waals surface area contributed by atoms with E-state index < -0.39 is 87.9 Å². The van der Waals surface area contributed by atoms with E-state index in [2.05, 4.69) is 4.72 Å². The Morgan fingerprint density at radius 1 is 0.870 bits per heavy atom. The highest BCUT2D eigenvalue weighted by atomic mass is 32.2. The normalized spacial score (nSPS) is 39.0. The molecule has 0 aromatic carbocycles. The molecule has 1 saturated carbocycles. The van der Waals surface area contributed by atoms with Crippen molar-refractivity contribution in [2.24, 2.45) is 35.5 Å². The molecule has 0 spiro atoms. The first-order valence-electron chi connectivity index (χ1n) is 25.7. The Bertz CT molecular complexity index is 1950. The summed E-state index contributed by atoms with van der Waals surface area (Å²) in [6.45, 7) is 14.9. The molecule has 15 nitrogen and oxygen atoms in total. The number of methoxy groups -OCH3 is 2. The largest absolute Gasteiger partial charge is 0.461 e. The van der Waals surface area contributed by atoms with Crippen molar-refractivity contribution in [3.05, 3.63) is 47.6 Å². The number of hydrogen-bond donors (Lipinski definition) is 4. The number of Topliss-reactive ketones (excluding diaryl/α,β-unsaturated/α-hetero) is 2. The Morgan fingerprint density at radius 3 is 2.28 bits per heavy atom. The van der Waals surface area contributed by atoms with Crippen molar-refractivity contribution in [3.8, 4) is 0 Å². The monoisotopic (exact) mass is 991 g/mol. The lowest BCUT2D eigenvalue weighted by molar-refractivity contribution is -0.264. The maximum atomic E-state index is 14.5. The fourth-order valence-corrected chi connectivity index (χ4v) is 12.1. The standard InChI is InChI=1S/C53H86N2O13S/c1-11-27-69(63,64)54-42-32-41-23-21-39(8)53(62,68-41)50(59)51(60)55-26-16-15-19-43(55)52(61)67-45(36(5)30-40-22-24-44(56)46(31-40)65-9)25-20-34(3)29-38(7)48(58)49(66-10)47(57)37(6)28-33(2)17-13-12-14-18-35(42)4/h12-14,17-18,29,33-34,36-37,39-46,48-49,54,56,58,62H,11,15-16,19-28,30-32H2,1-10H3/b14-12+,17-13+,35-18+,38-29+/t33-,34+,36-,37-,39-,40+,41+,42+,43+,44-,45+,46-,48-,49+,53-/m1/s1. The van der Waals surface area contributed by atoms with Gasteiger partial charge in [-0.25, -0.2) is 17.9 Å². The van der Waals surface area contributed by atoms with Crippen molar-refractivity contribution in [3.63, 3.8) is 0 Å². The summed E-state index contributed by atoms with van der Waals surface area (Å²) in [5.74, 6) is -6.94. The Hall–Kier alpha value is -3.09. The van der Waals surface area contributed by atoms with E-state index in [1.165, 1.54) is 12.0 Å². The van der Waals surface area contributed by atoms with E-state index in [0.717, 1.165) is 6.42 Å². The summed E-state index contributed by atoms with van der Waals surface area (Å²) in [5.41, 5.74) is 1.24. The molecule has 4 N–H and O–H groups in total. The van der Waals surface area contributed by atoms with E-state index in [1.54, 1.807) is 47.0 Å². The Balaban J connectivity index is 1.72. The number of hydrogen-bond acceptors (Lipinski definition) is 13. The molecule has 1 aliphatic carbocycles. The van der Waals surface area contributed by atoms with E-state index in [4.69, 9.17) is 18.9 Å². The first-order chi connectivity index (χ1) is 32.5. The molecule has 2 saturated heterocycles. The molecule has 69 heavy (non-hydrogen) atoms. The molecule has 392 valence electrons. The number of carbonyl (C=O) groups excluding carboxylic acids is 4. The van der Waals surface area contributed by atoms with Crippen LogP contribution in [0.15, 0.2) is 47.6 Å². The summed E-state index contributed by atoms with van der Waals surface area (Å²) in [6.07, 6.45) is 13.5. The summed E-state index contributed by atoms with van der Waals surface area (Å²) >= 11 is 0. The number of sulfonamides is 1. The molecule has 3 aliphatic heterocycles. The fraction of sp³-hybridized carbons (Fsp3) is 0.774. The van der Waals surface area contributed by atoms with E-state index in [0.29, 0.717) is 81.8 Å². The van der Waals surface area contributed by atoms with Gasteiger partial charge in [0.1, 0.15) is 24.4 Å². The number of nitrogens with one attached hydrogen (secondary N) is 1. The van der Waals surface area contributed by atoms with E-state index in [-0.39, 0.29) is 60.7 Å². The highest BCUT2D eigenvalue weighted by Crippen LogP contribution is 2.38. The molecular formula is C53H86N2O13S. The second kappa shape index (κ2) is 27.1. The number of aliphatic hydroxyl groups excluding tert-OH is 2. The highest BCUT2D eigenvalue weighted by molar-refractivity contribution is 7.89. The maximum absolute atomic E-state index is 14.5. The molecule has 3 fully saturated rings. The van der Waals surface area contributed by atoms with Crippen LogP contribution in [0.5, 0.6) is 0 Å². The molecule has 1 amide bonds. The van der Waals surface area contributed by atoms with Gasteiger partial charge in [-0.1, -0.05) is 83.6 Å². The van der Waals surface area contributed by atoms with Crippen LogP contribution in [0.2, 0.25) is 0 Å². The van der Waals surface area contributed by atoms with E-state index in [1.807, 2.05) is 52.0 Å². The SMILES string of the molecule is CCCS(=O)(=O)N[C@H]1C[C@@H]2CC[C@@H](C)[C@@](O)(O2)C(=O)C(=O)N2CCCC[C@H]2C(=O)O[C@H]([C@H](C)C[C@@H]2CC[C@@H](O)[C@H](OC)C2)CC[C@H](C)/C=C(\C)[C@@H](O)[C@@H](OC)C(=O)[C@H](C)C[C@H](C)/C=C/C=C/C=C/1C. The van der Waals surface area contributed by atoms with Gasteiger partial charge in [0.05, 0.1) is 24.1 Å². The van der Waals surface area contributed by atoms with Crippen LogP contribution in [-0.4, -0.2) is 133 Å². The van der Waals surface area contributed by atoms with Gasteiger partial charge in [-0.15, -0.1) is 0 Å². The summed E-state index contributed by atoms with van der Waals surface area (Å²) in [5, 5.41) is 34.1. The minimum absolute atomic E-state index is 0.00916. The van der Waals surface area contributed by atoms with Gasteiger partial charge in [-0.3, -0.25) is 14.4 Å². The Kier molecular flexibility index (Phi) is 23.0. The van der Waals surface area contributed by atoms with Gasteiger partial charge in [0.2, 0.25) is 15.8 Å². The van der Waals surface area contributed by atoms with Gasteiger partial charge in [-0.05, 0) is 133 Å². The summed E-state index contributed by atoms with van der Waals surface area (Å²) < 4.78 is 53.0. The number of ether oxygens (including phenoxy) is 4. The number of fused-ring (bicyclic) bond motifs is 3. The molecule has 0 unspecified atom stereocenters. The zero-order valence-corrected chi connectivity index (χ0v) is 44.0. The van der Waals surface area contributed by atoms with E-state index >= 15 is 0 Å². The number of ketones is 2. The van der Waals surface area contributed by atoms with Crippen LogP contribution < -0.4 is 4.72 Å². The number of carbonyl (C=O) groups is 4. The van der Waals surface area contributed by atoms with Crippen molar-refractivity contribution in [1.29, 1.82) is 0 Å². The van der Waals surface area contributed by atoms with Gasteiger partial charge in [0.15, 0.2) is 5.78 Å². The van der Waals surface area contributed by atoms with Gasteiger partial charge < -0.3 is 39.2 Å². The quantitative estimate of drug-likeness (QED) is 0.108. The second-order valence-corrected chi connectivity index (χ2v) is 22.8. The molecule has 4 aliphatic rings. The third-order valence-electron chi connectivity index (χ3n) is 15.1. The number of amides is 1. The van der Waals surface area contributed by atoms with Crippen LogP contribution >= 0.6 is 0 Å². The number of rotatable bonds is 9. The van der Waals surface area contributed by atoms with Crippen molar-refractivity contribution < 1.29 is 61.9 Å². The lowest BCUT2D eigenvalue weighted by Gasteiger charge is -2.43. The molecule has 3 heterocycles. The molecule has 15 atom stereocenters. The van der Waals surface area contributed by atoms with Gasteiger partial charge >= 0.3 is 5.97 Å². The Morgan fingerprint density at radius 2 is 1.59 bits per heavy atom. The number of esters is 1. The van der Waals surface area contributed by atoms with Crippen LogP contribution in [0.1, 0.15) is 145 Å². The first-order valence-corrected chi connectivity index (χ1v) is 27.3. The van der Waals surface area contributed by atoms with Gasteiger partial charge in [-0.2, -0.15) is 0 Å². The van der Waals surface area contributed by atoms with Crippen LogP contribution in [0.3, 0.4) is 0 Å². The molecule has 16 heteroatoms. The minimum Gasteiger partial charge on any atom is -0.461 e. The molecule has 2 bridgehead atoms. The smallest absolute Gasteiger partial charge is 0.329 e. The Labute approximate surface area is 412 Å². The number of cyclic esters (lactones) is 1. The summed E-state index contributed by atoms with van der Waals surface area (Å²) in [6, 6.07) is -1.85. The first kappa shape index (κ1) is 58.5. The van der Waals surface area contributed by atoms with E-state index in [9.17, 15) is 42.9 Å². The molecule has 0 radical (unpaired) electrons. The van der Waals surface area contributed by atoms with Crippen LogP contribution in [0, 0.1) is 35.5 Å². The minimum atomic E-state index is -3.73. The van der Waals surface area contributed by atoms with Crippen molar-refractivity contribution in [2.45, 2.75) is 200 Å². The number of piperidine rings is 1. The average Bonchev–Trinajstić information content (AvgIpc) is 3.30.